The van der Waals surface area contributed by atoms with Crippen LogP contribution in [0.2, 0.25) is 5.22 Å². The molecule has 1 saturated heterocycles. The van der Waals surface area contributed by atoms with Gasteiger partial charge in [-0.1, -0.05) is 0 Å². The molecule has 1 aliphatic heterocycles. The first-order valence-electron chi connectivity index (χ1n) is 4.40. The van der Waals surface area contributed by atoms with E-state index in [-0.39, 0.29) is 0 Å². The number of halogens is 1. The molecule has 13 heavy (non-hydrogen) atoms. The highest BCUT2D eigenvalue weighted by Crippen LogP contribution is 2.13. The fourth-order valence-corrected chi connectivity index (χ4v) is 1.55. The molecule has 0 radical (unpaired) electrons. The zero-order valence-corrected chi connectivity index (χ0v) is 8.01. The van der Waals surface area contributed by atoms with E-state index < -0.39 is 0 Å². The second kappa shape index (κ2) is 4.13. The summed E-state index contributed by atoms with van der Waals surface area (Å²) in [4.78, 5) is 0. The highest BCUT2D eigenvalue weighted by molar-refractivity contribution is 6.28. The Bertz CT molecular complexity index is 268. The molecule has 1 atom stereocenters. The minimum absolute atomic E-state index is 0.444. The van der Waals surface area contributed by atoms with E-state index in [4.69, 9.17) is 20.8 Å². The number of ether oxygens (including phenoxy) is 1. The van der Waals surface area contributed by atoms with Crippen molar-refractivity contribution in [2.24, 2.45) is 0 Å². The van der Waals surface area contributed by atoms with Crippen LogP contribution < -0.4 is 5.32 Å². The maximum absolute atomic E-state index is 5.64. The molecular weight excluding hydrogens is 190 g/mol. The Morgan fingerprint density at radius 2 is 2.46 bits per heavy atom. The number of hydrogen-bond donors (Lipinski definition) is 1. The van der Waals surface area contributed by atoms with E-state index in [9.17, 15) is 0 Å². The van der Waals surface area contributed by atoms with Gasteiger partial charge in [0.25, 0.3) is 0 Å². The van der Waals surface area contributed by atoms with Gasteiger partial charge in [0.05, 0.1) is 13.2 Å². The standard InChI is InChI=1S/C9H12ClNO2/c10-9-2-1-8(13-9)5-11-7-3-4-12-6-7/h1-2,7,11H,3-6H2. The minimum atomic E-state index is 0.444. The van der Waals surface area contributed by atoms with E-state index in [2.05, 4.69) is 5.32 Å². The predicted molar refractivity (Wildman–Crippen MR) is 49.8 cm³/mol. The van der Waals surface area contributed by atoms with Crippen molar-refractivity contribution >= 4 is 11.6 Å². The topological polar surface area (TPSA) is 34.4 Å². The molecule has 1 unspecified atom stereocenters. The molecular formula is C9H12ClNO2. The Labute approximate surface area is 82.0 Å². The fraction of sp³-hybridized carbons (Fsp3) is 0.556. The van der Waals surface area contributed by atoms with Gasteiger partial charge in [-0.15, -0.1) is 0 Å². The molecule has 1 aromatic heterocycles. The lowest BCUT2D eigenvalue weighted by Crippen LogP contribution is -2.28. The lowest BCUT2D eigenvalue weighted by molar-refractivity contribution is 0.189. The number of nitrogens with one attached hydrogen (secondary N) is 1. The van der Waals surface area contributed by atoms with E-state index >= 15 is 0 Å². The van der Waals surface area contributed by atoms with Crippen LogP contribution in [0.15, 0.2) is 16.5 Å². The number of furan rings is 1. The molecule has 0 spiro atoms. The zero-order chi connectivity index (χ0) is 9.10. The van der Waals surface area contributed by atoms with Gasteiger partial charge < -0.3 is 14.5 Å². The second-order valence-electron chi connectivity index (χ2n) is 3.15. The van der Waals surface area contributed by atoms with E-state index in [0.29, 0.717) is 11.3 Å². The second-order valence-corrected chi connectivity index (χ2v) is 3.52. The Morgan fingerprint density at radius 3 is 3.08 bits per heavy atom. The Balaban J connectivity index is 1.78. The molecule has 2 heterocycles. The summed E-state index contributed by atoms with van der Waals surface area (Å²) in [6.07, 6.45) is 1.08. The molecule has 2 rings (SSSR count). The van der Waals surface area contributed by atoms with Gasteiger partial charge in [0.15, 0.2) is 5.22 Å². The third-order valence-corrected chi connectivity index (χ3v) is 2.33. The normalized spacial score (nSPS) is 22.4. The van der Waals surface area contributed by atoms with Crippen molar-refractivity contribution in [1.29, 1.82) is 0 Å². The van der Waals surface area contributed by atoms with Crippen molar-refractivity contribution in [2.45, 2.75) is 19.0 Å². The van der Waals surface area contributed by atoms with Crippen molar-refractivity contribution < 1.29 is 9.15 Å². The van der Waals surface area contributed by atoms with Crippen molar-refractivity contribution in [3.05, 3.63) is 23.1 Å². The summed E-state index contributed by atoms with van der Waals surface area (Å²) in [6.45, 7) is 2.38. The Kier molecular flexibility index (Phi) is 2.88. The summed E-state index contributed by atoms with van der Waals surface area (Å²) < 4.78 is 10.4. The summed E-state index contributed by atoms with van der Waals surface area (Å²) >= 11 is 5.64. The molecule has 1 N–H and O–H groups in total. The molecule has 0 saturated carbocycles. The summed E-state index contributed by atoms with van der Waals surface area (Å²) in [7, 11) is 0. The molecule has 0 amide bonds. The van der Waals surface area contributed by atoms with Gasteiger partial charge >= 0.3 is 0 Å². The third-order valence-electron chi connectivity index (χ3n) is 2.12. The average Bonchev–Trinajstić information content (AvgIpc) is 2.71. The van der Waals surface area contributed by atoms with Crippen molar-refractivity contribution in [1.82, 2.24) is 5.32 Å². The molecule has 0 aromatic carbocycles. The predicted octanol–water partition coefficient (Wildman–Crippen LogP) is 1.81. The molecule has 1 aliphatic rings. The van der Waals surface area contributed by atoms with Gasteiger partial charge in [-0.25, -0.2) is 0 Å². The molecule has 72 valence electrons. The summed E-state index contributed by atoms with van der Waals surface area (Å²) in [5, 5.41) is 3.78. The first-order chi connectivity index (χ1) is 6.34. The Hall–Kier alpha value is -0.510. The number of hydrogen-bond acceptors (Lipinski definition) is 3. The van der Waals surface area contributed by atoms with Gasteiger partial charge in [0.2, 0.25) is 0 Å². The molecule has 1 fully saturated rings. The van der Waals surface area contributed by atoms with Crippen LogP contribution in [-0.2, 0) is 11.3 Å². The SMILES string of the molecule is Clc1ccc(CNC2CCOC2)o1. The van der Waals surface area contributed by atoms with Crippen molar-refractivity contribution in [2.75, 3.05) is 13.2 Å². The van der Waals surface area contributed by atoms with Crippen LogP contribution in [0.1, 0.15) is 12.2 Å². The molecule has 1 aromatic rings. The van der Waals surface area contributed by atoms with Crippen LogP contribution in [-0.4, -0.2) is 19.3 Å². The molecule has 4 heteroatoms. The van der Waals surface area contributed by atoms with Gasteiger partial charge in [-0.2, -0.15) is 0 Å². The quantitative estimate of drug-likeness (QED) is 0.810. The summed E-state index contributed by atoms with van der Waals surface area (Å²) in [5.41, 5.74) is 0. The summed E-state index contributed by atoms with van der Waals surface area (Å²) in [5.74, 6) is 0.872. The van der Waals surface area contributed by atoms with Crippen LogP contribution in [0, 0.1) is 0 Å². The van der Waals surface area contributed by atoms with Gasteiger partial charge in [-0.05, 0) is 30.2 Å². The summed E-state index contributed by atoms with van der Waals surface area (Å²) in [6, 6.07) is 4.10. The van der Waals surface area contributed by atoms with Gasteiger partial charge in [-0.3, -0.25) is 0 Å². The third kappa shape index (κ3) is 2.46. The first kappa shape index (κ1) is 9.06. The van der Waals surface area contributed by atoms with Crippen LogP contribution >= 0.6 is 11.6 Å². The van der Waals surface area contributed by atoms with Crippen LogP contribution in [0.25, 0.3) is 0 Å². The van der Waals surface area contributed by atoms with Crippen LogP contribution in [0.5, 0.6) is 0 Å². The monoisotopic (exact) mass is 201 g/mol. The fourth-order valence-electron chi connectivity index (χ4n) is 1.39. The van der Waals surface area contributed by atoms with Crippen molar-refractivity contribution in [3.8, 4) is 0 Å². The van der Waals surface area contributed by atoms with Gasteiger partial charge in [0.1, 0.15) is 5.76 Å². The maximum atomic E-state index is 5.64. The molecule has 0 aliphatic carbocycles. The van der Waals surface area contributed by atoms with E-state index in [1.54, 1.807) is 6.07 Å². The average molecular weight is 202 g/mol. The molecule has 0 bridgehead atoms. The maximum Gasteiger partial charge on any atom is 0.193 e. The largest absolute Gasteiger partial charge is 0.448 e. The smallest absolute Gasteiger partial charge is 0.193 e. The van der Waals surface area contributed by atoms with E-state index in [1.165, 1.54) is 0 Å². The lowest BCUT2D eigenvalue weighted by Gasteiger charge is -2.07. The lowest BCUT2D eigenvalue weighted by atomic mass is 10.2. The highest BCUT2D eigenvalue weighted by Gasteiger charge is 2.14. The van der Waals surface area contributed by atoms with E-state index in [0.717, 1.165) is 31.9 Å². The first-order valence-corrected chi connectivity index (χ1v) is 4.78. The zero-order valence-electron chi connectivity index (χ0n) is 7.25. The molecule has 3 nitrogen and oxygen atoms in total. The van der Waals surface area contributed by atoms with Crippen LogP contribution in [0.3, 0.4) is 0 Å². The van der Waals surface area contributed by atoms with Crippen LogP contribution in [0.4, 0.5) is 0 Å². The highest BCUT2D eigenvalue weighted by atomic mass is 35.5. The Morgan fingerprint density at radius 1 is 1.54 bits per heavy atom. The van der Waals surface area contributed by atoms with Gasteiger partial charge in [0, 0.05) is 12.6 Å². The minimum Gasteiger partial charge on any atom is -0.448 e. The van der Waals surface area contributed by atoms with Crippen molar-refractivity contribution in [3.63, 3.8) is 0 Å². The number of rotatable bonds is 3. The van der Waals surface area contributed by atoms with E-state index in [1.807, 2.05) is 6.07 Å².